The SMILES string of the molecule is CC(C)(C)[C@H](NC(=O)NC1(C(=O)NCc2ccco2)CCCCC1)C(=O)N1C[C@H]2[C@@H]([C@H]1C(=O)NC(CC1CC1)C(=O)C(N)=O)C2(C)C. The Hall–Kier alpha value is -3.90. The van der Waals surface area contributed by atoms with Crippen molar-refractivity contribution in [2.75, 3.05) is 6.54 Å². The molecule has 1 aromatic rings. The third-order valence-electron chi connectivity index (χ3n) is 10.8. The summed E-state index contributed by atoms with van der Waals surface area (Å²) in [6.07, 6.45) is 7.07. The van der Waals surface area contributed by atoms with Gasteiger partial charge < -0.3 is 36.3 Å². The molecule has 5 atom stereocenters. The predicted octanol–water partition coefficient (Wildman–Crippen LogP) is 2.13. The zero-order valence-electron chi connectivity index (χ0n) is 28.1. The summed E-state index contributed by atoms with van der Waals surface area (Å²) in [6, 6.07) is -0.0996. The number of ketones is 1. The smallest absolute Gasteiger partial charge is 0.316 e. The Morgan fingerprint density at radius 3 is 2.30 bits per heavy atom. The maximum absolute atomic E-state index is 14.3. The van der Waals surface area contributed by atoms with E-state index >= 15 is 0 Å². The lowest BCUT2D eigenvalue weighted by Crippen LogP contribution is -2.65. The van der Waals surface area contributed by atoms with Crippen molar-refractivity contribution in [2.24, 2.45) is 34.3 Å². The van der Waals surface area contributed by atoms with Crippen LogP contribution in [-0.2, 0) is 30.5 Å². The number of nitrogens with two attached hydrogens (primary N) is 1. The van der Waals surface area contributed by atoms with Crippen LogP contribution in [0.4, 0.5) is 4.79 Å². The average Bonchev–Trinajstić information content (AvgIpc) is 3.71. The van der Waals surface area contributed by atoms with Crippen LogP contribution in [0, 0.1) is 28.6 Å². The van der Waals surface area contributed by atoms with Crippen LogP contribution >= 0.6 is 0 Å². The number of urea groups is 1. The number of carbonyl (C=O) groups excluding carboxylic acids is 6. The Morgan fingerprint density at radius 2 is 1.72 bits per heavy atom. The van der Waals surface area contributed by atoms with Gasteiger partial charge in [-0.2, -0.15) is 0 Å². The van der Waals surface area contributed by atoms with Gasteiger partial charge in [-0.15, -0.1) is 0 Å². The highest BCUT2D eigenvalue weighted by Gasteiger charge is 2.70. The van der Waals surface area contributed by atoms with E-state index in [4.69, 9.17) is 10.2 Å². The summed E-state index contributed by atoms with van der Waals surface area (Å²) in [5, 5.41) is 11.4. The number of Topliss-reactive ketones (excluding diaryl/α,β-unsaturated/α-hetero) is 1. The maximum atomic E-state index is 14.3. The second-order valence-electron chi connectivity index (χ2n) is 15.7. The molecule has 13 nitrogen and oxygen atoms in total. The topological polar surface area (TPSA) is 193 Å². The number of rotatable bonds is 12. The maximum Gasteiger partial charge on any atom is 0.316 e. The summed E-state index contributed by atoms with van der Waals surface area (Å²) in [6.45, 7) is 10.1. The molecule has 5 rings (SSSR count). The summed E-state index contributed by atoms with van der Waals surface area (Å²) in [7, 11) is 0. The highest BCUT2D eigenvalue weighted by Crippen LogP contribution is 2.65. The number of piperidine rings is 1. The first kappa shape index (κ1) is 34.4. The highest BCUT2D eigenvalue weighted by atomic mass is 16.3. The van der Waals surface area contributed by atoms with Crippen LogP contribution in [0.3, 0.4) is 0 Å². The number of nitrogens with zero attached hydrogens (tertiary/aromatic N) is 1. The van der Waals surface area contributed by atoms with Crippen LogP contribution in [0.2, 0.25) is 0 Å². The zero-order valence-corrected chi connectivity index (χ0v) is 28.1. The molecule has 1 aromatic heterocycles. The zero-order chi connectivity index (χ0) is 34.3. The predicted molar refractivity (Wildman–Crippen MR) is 171 cm³/mol. The number of furan rings is 1. The summed E-state index contributed by atoms with van der Waals surface area (Å²) in [4.78, 5) is 81.3. The first-order valence-electron chi connectivity index (χ1n) is 16.9. The monoisotopic (exact) mass is 654 g/mol. The van der Waals surface area contributed by atoms with Gasteiger partial charge in [-0.25, -0.2) is 4.79 Å². The van der Waals surface area contributed by atoms with Gasteiger partial charge >= 0.3 is 6.03 Å². The van der Waals surface area contributed by atoms with Crippen molar-refractivity contribution in [3.8, 4) is 0 Å². The van der Waals surface area contributed by atoms with Crippen LogP contribution in [0.25, 0.3) is 0 Å². The Balaban J connectivity index is 1.32. The highest BCUT2D eigenvalue weighted by molar-refractivity contribution is 6.37. The average molecular weight is 655 g/mol. The van der Waals surface area contributed by atoms with Gasteiger partial charge in [0.1, 0.15) is 23.4 Å². The number of carbonyl (C=O) groups is 6. The molecule has 47 heavy (non-hydrogen) atoms. The van der Waals surface area contributed by atoms with Gasteiger partial charge in [-0.3, -0.25) is 24.0 Å². The molecule has 2 heterocycles. The summed E-state index contributed by atoms with van der Waals surface area (Å²) >= 11 is 0. The van der Waals surface area contributed by atoms with Crippen molar-refractivity contribution >= 4 is 35.4 Å². The van der Waals surface area contributed by atoms with Gasteiger partial charge in [-0.05, 0) is 60.0 Å². The van der Waals surface area contributed by atoms with Crippen molar-refractivity contribution in [1.29, 1.82) is 0 Å². The molecule has 0 radical (unpaired) electrons. The first-order valence-corrected chi connectivity index (χ1v) is 16.9. The number of fused-ring (bicyclic) bond motifs is 1. The second-order valence-corrected chi connectivity index (χ2v) is 15.7. The Kier molecular flexibility index (Phi) is 9.49. The molecule has 0 aromatic carbocycles. The van der Waals surface area contributed by atoms with E-state index in [-0.39, 0.29) is 35.6 Å². The van der Waals surface area contributed by atoms with Gasteiger partial charge in [0.25, 0.3) is 5.91 Å². The Bertz CT molecular complexity index is 1390. The lowest BCUT2D eigenvalue weighted by Gasteiger charge is -2.40. The van der Waals surface area contributed by atoms with E-state index in [0.717, 1.165) is 32.1 Å². The van der Waals surface area contributed by atoms with Gasteiger partial charge in [-0.1, -0.05) is 66.7 Å². The van der Waals surface area contributed by atoms with E-state index in [1.54, 1.807) is 12.1 Å². The van der Waals surface area contributed by atoms with Gasteiger partial charge in [0.05, 0.1) is 18.8 Å². The van der Waals surface area contributed by atoms with Crippen molar-refractivity contribution in [3.63, 3.8) is 0 Å². The van der Waals surface area contributed by atoms with Crippen LogP contribution in [0.15, 0.2) is 22.8 Å². The van der Waals surface area contributed by atoms with E-state index in [1.807, 2.05) is 34.6 Å². The molecule has 6 amide bonds. The molecule has 4 fully saturated rings. The number of likely N-dealkylation sites (tertiary alicyclic amines) is 1. The second kappa shape index (κ2) is 13.0. The number of hydrogen-bond acceptors (Lipinski definition) is 7. The standard InChI is InChI=1S/C34H50N6O7/c1-32(2,3)26(38-31(46)39-34(13-7-6-8-14-34)30(45)36-17-20-10-9-15-47-20)29(44)40-18-21-23(33(21,4)5)24(40)28(43)37-22(16-19-11-12-19)25(41)27(35)42/h9-10,15,19,21-24,26H,6-8,11-14,16-18H2,1-5H3,(H2,35,42)(H,36,45)(H,37,43)(H2,38,39,46)/t21-,22?,23-,24-,26+/m0/s1. The van der Waals surface area contributed by atoms with Crippen molar-refractivity contribution < 1.29 is 33.2 Å². The van der Waals surface area contributed by atoms with Gasteiger partial charge in [0.15, 0.2) is 0 Å². The molecular formula is C34H50N6O7. The fourth-order valence-corrected chi connectivity index (χ4v) is 7.67. The molecule has 1 aliphatic heterocycles. The molecule has 3 saturated carbocycles. The molecule has 4 aliphatic rings. The molecule has 1 unspecified atom stereocenters. The Morgan fingerprint density at radius 1 is 1.04 bits per heavy atom. The van der Waals surface area contributed by atoms with Crippen LogP contribution in [0.5, 0.6) is 0 Å². The number of hydrogen-bond donors (Lipinski definition) is 5. The molecule has 0 bridgehead atoms. The largest absolute Gasteiger partial charge is 0.467 e. The molecular weight excluding hydrogens is 604 g/mol. The minimum absolute atomic E-state index is 0.0636. The minimum Gasteiger partial charge on any atom is -0.467 e. The lowest BCUT2D eigenvalue weighted by atomic mass is 9.80. The molecule has 13 heteroatoms. The third-order valence-corrected chi connectivity index (χ3v) is 10.8. The quantitative estimate of drug-likeness (QED) is 0.213. The molecule has 258 valence electrons. The van der Waals surface area contributed by atoms with Crippen LogP contribution in [-0.4, -0.2) is 70.6 Å². The normalized spacial score (nSPS) is 25.5. The Labute approximate surface area is 275 Å². The van der Waals surface area contributed by atoms with Gasteiger partial charge in [0.2, 0.25) is 23.5 Å². The van der Waals surface area contributed by atoms with Crippen molar-refractivity contribution in [3.05, 3.63) is 24.2 Å². The fourth-order valence-electron chi connectivity index (χ4n) is 7.67. The molecule has 3 aliphatic carbocycles. The third kappa shape index (κ3) is 7.33. The van der Waals surface area contributed by atoms with Crippen LogP contribution < -0.4 is 27.0 Å². The fraction of sp³-hybridized carbons (Fsp3) is 0.706. The van der Waals surface area contributed by atoms with Gasteiger partial charge in [0, 0.05) is 6.54 Å². The first-order chi connectivity index (χ1) is 22.0. The molecule has 0 spiro atoms. The van der Waals surface area contributed by atoms with Crippen molar-refractivity contribution in [1.82, 2.24) is 26.2 Å². The van der Waals surface area contributed by atoms with Crippen molar-refractivity contribution in [2.45, 2.75) is 116 Å². The van der Waals surface area contributed by atoms with E-state index < -0.39 is 58.6 Å². The number of primary amides is 1. The minimum atomic E-state index is -1.15. The molecule has 1 saturated heterocycles. The lowest BCUT2D eigenvalue weighted by molar-refractivity contribution is -0.145. The summed E-state index contributed by atoms with van der Waals surface area (Å²) in [5.41, 5.74) is 3.21. The van der Waals surface area contributed by atoms with E-state index in [1.165, 1.54) is 11.2 Å². The number of nitrogens with one attached hydrogen (secondary N) is 4. The van der Waals surface area contributed by atoms with E-state index in [2.05, 4.69) is 21.3 Å². The molecule has 6 N–H and O–H groups in total. The number of amides is 6. The summed E-state index contributed by atoms with van der Waals surface area (Å²) < 4.78 is 5.34. The van der Waals surface area contributed by atoms with E-state index in [9.17, 15) is 28.8 Å². The van der Waals surface area contributed by atoms with Crippen LogP contribution in [0.1, 0.15) is 91.7 Å². The summed E-state index contributed by atoms with van der Waals surface area (Å²) in [5.74, 6) is -2.43. The van der Waals surface area contributed by atoms with E-state index in [0.29, 0.717) is 31.6 Å².